The van der Waals surface area contributed by atoms with Crippen LogP contribution in [-0.4, -0.2) is 15.8 Å². The summed E-state index contributed by atoms with van der Waals surface area (Å²) < 4.78 is 82.7. The lowest BCUT2D eigenvalue weighted by atomic mass is 9.33. The number of aromatic nitrogens is 2. The predicted octanol–water partition coefficient (Wildman–Crippen LogP) is 26.8. The van der Waals surface area contributed by atoms with E-state index in [1.165, 1.54) is 22.3 Å². The van der Waals surface area contributed by atoms with Gasteiger partial charge in [0.05, 0.1) is 50.1 Å². The second-order valence-corrected chi connectivity index (χ2v) is 35.3. The maximum atomic E-state index is 10.3. The molecule has 16 aromatic rings. The fourth-order valence-electron chi connectivity index (χ4n) is 16.9. The van der Waals surface area contributed by atoms with Gasteiger partial charge in [0.1, 0.15) is 0 Å². The van der Waals surface area contributed by atoms with E-state index in [-0.39, 0.29) is 61.0 Å². The zero-order valence-corrected chi connectivity index (χ0v) is 65.1. The van der Waals surface area contributed by atoms with Crippen molar-refractivity contribution in [3.8, 4) is 67.0 Å². The Kier molecular flexibility index (Phi) is 14.1. The van der Waals surface area contributed by atoms with Gasteiger partial charge in [0, 0.05) is 61.1 Å². The lowest BCUT2D eigenvalue weighted by Gasteiger charge is -2.46. The second-order valence-electron chi connectivity index (χ2n) is 35.3. The molecule has 0 atom stereocenters. The summed E-state index contributed by atoms with van der Waals surface area (Å²) in [7, 11) is 0. The van der Waals surface area contributed by atoms with E-state index >= 15 is 0 Å². The molecule has 14 aromatic carbocycles. The number of fused-ring (bicyclic) bond motifs is 10. The van der Waals surface area contributed by atoms with Gasteiger partial charge in [0.25, 0.3) is 6.71 Å². The highest BCUT2D eigenvalue weighted by Crippen LogP contribution is 2.55. The molecule has 4 heterocycles. The molecule has 0 radical (unpaired) electrons. The van der Waals surface area contributed by atoms with E-state index < -0.39 is 43.0 Å². The third-order valence-electron chi connectivity index (χ3n) is 22.8. The van der Waals surface area contributed by atoms with Gasteiger partial charge in [-0.1, -0.05) is 328 Å². The lowest BCUT2D eigenvalue weighted by molar-refractivity contribution is 0.568. The molecule has 5 heteroatoms. The van der Waals surface area contributed by atoms with Crippen molar-refractivity contribution < 1.29 is 11.0 Å². The van der Waals surface area contributed by atoms with Crippen molar-refractivity contribution in [2.45, 2.75) is 131 Å². The molecule has 534 valence electrons. The standard InChI is InChI=1S/C104H95BN4/c1-100(2,3)74-52-71(53-75(60-74)101(4,5)6)69-48-50-86-91(56-69)108(94-59-73(66-34-20-16-21-35-66)58-93-97(94)83-44-30-33-47-90(83)106(93)79-40-26-19-27-41-79)95-64-80(107-88-45-31-28-42-81(88)82-43-29-32-46-89(82)107)65-96-98(95)105(86)87-51-49-70(72-54-76(102(7,8)9)61-77(55-72)103(10,11)12)57-92(87)109(96)99-84(67-36-22-17-23-37-67)62-78(104(13,14)15)63-85(99)68-38-24-18-25-39-68/h16-65H,1-15H3/i28D,29D,31D,32D,42D,43D,45D,46D. The number of para-hydroxylation sites is 4. The van der Waals surface area contributed by atoms with Crippen LogP contribution in [0, 0.1) is 0 Å². The molecule has 0 bridgehead atoms. The first kappa shape index (κ1) is 60.4. The van der Waals surface area contributed by atoms with Crippen LogP contribution in [-0.2, 0) is 27.1 Å². The molecule has 109 heavy (non-hydrogen) atoms. The van der Waals surface area contributed by atoms with Crippen molar-refractivity contribution in [3.63, 3.8) is 0 Å². The fourth-order valence-corrected chi connectivity index (χ4v) is 16.9. The van der Waals surface area contributed by atoms with Crippen molar-refractivity contribution in [2.24, 2.45) is 0 Å². The fraction of sp³-hybridized carbons (Fsp3) is 0.192. The zero-order chi connectivity index (χ0) is 82.3. The van der Waals surface area contributed by atoms with Crippen molar-refractivity contribution in [3.05, 3.63) is 331 Å². The molecule has 4 nitrogen and oxygen atoms in total. The van der Waals surface area contributed by atoms with Crippen LogP contribution in [0.15, 0.2) is 303 Å². The molecule has 2 aliphatic rings. The topological polar surface area (TPSA) is 16.3 Å². The Labute approximate surface area is 655 Å². The largest absolute Gasteiger partial charge is 0.311 e. The number of nitrogens with zero attached hydrogens (tertiary/aromatic N) is 4. The number of rotatable bonds is 9. The third kappa shape index (κ3) is 11.8. The van der Waals surface area contributed by atoms with E-state index in [9.17, 15) is 11.0 Å². The molecule has 0 saturated heterocycles. The van der Waals surface area contributed by atoms with E-state index in [2.05, 4.69) is 373 Å². The maximum Gasteiger partial charge on any atom is 0.252 e. The minimum atomic E-state index is -0.526. The van der Waals surface area contributed by atoms with Crippen LogP contribution in [0.1, 0.15) is 143 Å². The molecule has 2 aromatic heterocycles. The van der Waals surface area contributed by atoms with E-state index in [1.54, 1.807) is 4.57 Å². The van der Waals surface area contributed by atoms with Gasteiger partial charge in [0.2, 0.25) is 0 Å². The van der Waals surface area contributed by atoms with Crippen LogP contribution < -0.4 is 26.2 Å². The molecule has 0 spiro atoms. The first-order chi connectivity index (χ1) is 55.5. The van der Waals surface area contributed by atoms with Gasteiger partial charge < -0.3 is 18.9 Å². The predicted molar refractivity (Wildman–Crippen MR) is 470 cm³/mol. The Balaban J connectivity index is 1.10. The summed E-state index contributed by atoms with van der Waals surface area (Å²) in [6, 6.07) is 89.9. The zero-order valence-electron chi connectivity index (χ0n) is 73.1. The summed E-state index contributed by atoms with van der Waals surface area (Å²) in [5.41, 5.74) is 26.3. The maximum absolute atomic E-state index is 10.3. The molecule has 0 unspecified atom stereocenters. The van der Waals surface area contributed by atoms with Gasteiger partial charge in [0.15, 0.2) is 0 Å². The van der Waals surface area contributed by atoms with Gasteiger partial charge >= 0.3 is 0 Å². The first-order valence-corrected chi connectivity index (χ1v) is 38.4. The Morgan fingerprint density at radius 1 is 0.266 bits per heavy atom. The van der Waals surface area contributed by atoms with Crippen molar-refractivity contribution in [1.29, 1.82) is 0 Å². The molecule has 0 N–H and O–H groups in total. The van der Waals surface area contributed by atoms with Gasteiger partial charge in [-0.05, 0) is 195 Å². The van der Waals surface area contributed by atoms with Gasteiger partial charge in [-0.2, -0.15) is 0 Å². The summed E-state index contributed by atoms with van der Waals surface area (Å²) in [5, 5.41) is 1.98. The summed E-state index contributed by atoms with van der Waals surface area (Å²) in [6.45, 7) is 33.7. The Hall–Kier alpha value is -11.7. The molecule has 2 aliphatic heterocycles. The van der Waals surface area contributed by atoms with Crippen LogP contribution in [0.2, 0.25) is 0 Å². The lowest BCUT2D eigenvalue weighted by Crippen LogP contribution is -2.61. The highest BCUT2D eigenvalue weighted by Gasteiger charge is 2.46. The quantitative estimate of drug-likeness (QED) is 0.134. The van der Waals surface area contributed by atoms with Crippen molar-refractivity contribution in [1.82, 2.24) is 9.13 Å². The van der Waals surface area contributed by atoms with E-state index in [4.69, 9.17) is 0 Å². The Morgan fingerprint density at radius 2 is 0.651 bits per heavy atom. The number of hydrogen-bond acceptors (Lipinski definition) is 2. The molecular weight excluding hydrogens is 1320 g/mol. The summed E-state index contributed by atoms with van der Waals surface area (Å²) in [5.74, 6) is 0. The minimum Gasteiger partial charge on any atom is -0.311 e. The molecule has 0 amide bonds. The molecule has 0 saturated carbocycles. The van der Waals surface area contributed by atoms with Gasteiger partial charge in [-0.3, -0.25) is 0 Å². The SMILES string of the molecule is [2H]c1c([2H])c([2H])c2c(c1[2H])c1c([2H])c([2H])c([2H])c([2H])c1n2-c1cc2c3c(c1)N(c1cc(-c4ccccc4)cc4c1c1ccccc1n4-c1ccccc1)c1cc(-c4cc(C(C)(C)C)cc(C(C)(C)C)c4)ccc1B3c1ccc(-c3cc(C(C)(C)C)cc(C(C)(C)C)c3)cc1N2c1c(-c2ccccc2)cc(C(C)(C)C)cc1-c1ccccc1. The van der Waals surface area contributed by atoms with E-state index in [1.807, 2.05) is 0 Å². The molecule has 0 fully saturated rings. The van der Waals surface area contributed by atoms with Crippen LogP contribution in [0.5, 0.6) is 0 Å². The average molecular weight is 1420 g/mol. The molecule has 0 aliphatic carbocycles. The third-order valence-corrected chi connectivity index (χ3v) is 22.8. The van der Waals surface area contributed by atoms with Gasteiger partial charge in [-0.25, -0.2) is 0 Å². The Bertz CT molecular complexity index is 6610. The number of hydrogen-bond donors (Lipinski definition) is 0. The van der Waals surface area contributed by atoms with Crippen LogP contribution >= 0.6 is 0 Å². The van der Waals surface area contributed by atoms with Crippen LogP contribution in [0.3, 0.4) is 0 Å². The number of anilines is 6. The normalized spacial score (nSPS) is 14.2. The Morgan fingerprint density at radius 3 is 1.13 bits per heavy atom. The average Bonchev–Trinajstić information content (AvgIpc) is 1.67. The summed E-state index contributed by atoms with van der Waals surface area (Å²) in [4.78, 5) is 4.97. The molecular formula is C104H95BN4. The smallest absolute Gasteiger partial charge is 0.252 e. The van der Waals surface area contributed by atoms with E-state index in [0.29, 0.717) is 5.69 Å². The molecule has 18 rings (SSSR count). The van der Waals surface area contributed by atoms with Crippen molar-refractivity contribution in [2.75, 3.05) is 9.80 Å². The first-order valence-electron chi connectivity index (χ1n) is 42.4. The summed E-state index contributed by atoms with van der Waals surface area (Å²) >= 11 is 0. The minimum absolute atomic E-state index is 0.00774. The van der Waals surface area contributed by atoms with Gasteiger partial charge in [-0.15, -0.1) is 0 Å². The van der Waals surface area contributed by atoms with Crippen LogP contribution in [0.25, 0.3) is 111 Å². The highest BCUT2D eigenvalue weighted by molar-refractivity contribution is 7.00. The summed E-state index contributed by atoms with van der Waals surface area (Å²) in [6.07, 6.45) is 0. The van der Waals surface area contributed by atoms with E-state index in [0.717, 1.165) is 139 Å². The highest BCUT2D eigenvalue weighted by atomic mass is 15.2. The van der Waals surface area contributed by atoms with Crippen LogP contribution in [0.4, 0.5) is 34.1 Å². The monoisotopic (exact) mass is 1420 g/mol. The van der Waals surface area contributed by atoms with Crippen molar-refractivity contribution >= 4 is 101 Å². The second kappa shape index (κ2) is 25.5. The number of benzene rings is 14.